The van der Waals surface area contributed by atoms with Crippen molar-refractivity contribution >= 4 is 28.3 Å². The first-order chi connectivity index (χ1) is 6.29. The minimum absolute atomic E-state index is 0.498. The molecule has 1 aromatic carbocycles. The van der Waals surface area contributed by atoms with Crippen LogP contribution in [0.3, 0.4) is 0 Å². The second kappa shape index (κ2) is 4.94. The highest BCUT2D eigenvalue weighted by molar-refractivity contribution is 9.10. The van der Waals surface area contributed by atoms with Crippen LogP contribution in [0.1, 0.15) is 15.9 Å². The molecule has 13 heavy (non-hydrogen) atoms. The fraction of sp³-hybridized carbons (Fsp3) is 0.100. The van der Waals surface area contributed by atoms with Crippen LogP contribution in [-0.2, 0) is 0 Å². The number of hydrogen-bond donors (Lipinski definition) is 1. The Balaban J connectivity index is 3.08. The van der Waals surface area contributed by atoms with Gasteiger partial charge < -0.3 is 5.73 Å². The fourth-order valence-corrected chi connectivity index (χ4v) is 1.47. The van der Waals surface area contributed by atoms with E-state index in [1.807, 2.05) is 24.3 Å². The van der Waals surface area contributed by atoms with Gasteiger partial charge in [-0.15, -0.1) is 0 Å². The summed E-state index contributed by atoms with van der Waals surface area (Å²) in [5.74, 6) is 0. The van der Waals surface area contributed by atoms with Gasteiger partial charge >= 0.3 is 0 Å². The number of carbonyl (C=O) groups excluding carboxylic acids is 1. The van der Waals surface area contributed by atoms with Crippen molar-refractivity contribution in [2.24, 2.45) is 5.73 Å². The van der Waals surface area contributed by atoms with Gasteiger partial charge in [-0.2, -0.15) is 0 Å². The van der Waals surface area contributed by atoms with Gasteiger partial charge in [-0.1, -0.05) is 30.4 Å². The maximum absolute atomic E-state index is 10.6. The zero-order valence-corrected chi connectivity index (χ0v) is 8.62. The molecule has 1 aromatic rings. The Morgan fingerprint density at radius 1 is 1.38 bits per heavy atom. The van der Waals surface area contributed by atoms with Gasteiger partial charge in [0.1, 0.15) is 0 Å². The lowest BCUT2D eigenvalue weighted by molar-refractivity contribution is 0.112. The normalized spacial score (nSPS) is 10.6. The minimum Gasteiger partial charge on any atom is -0.327 e. The predicted molar refractivity (Wildman–Crippen MR) is 57.6 cm³/mol. The number of hydrogen-bond acceptors (Lipinski definition) is 2. The van der Waals surface area contributed by atoms with Crippen LogP contribution in [0.2, 0.25) is 0 Å². The number of rotatable bonds is 3. The SMILES string of the molecule is NCC=Cc1cccc(C=O)c1Br. The van der Waals surface area contributed by atoms with E-state index in [2.05, 4.69) is 15.9 Å². The van der Waals surface area contributed by atoms with Gasteiger partial charge in [0.05, 0.1) is 0 Å². The van der Waals surface area contributed by atoms with Crippen LogP contribution < -0.4 is 5.73 Å². The van der Waals surface area contributed by atoms with E-state index in [-0.39, 0.29) is 0 Å². The molecule has 3 heteroatoms. The molecule has 1 rings (SSSR count). The highest BCUT2D eigenvalue weighted by Gasteiger charge is 2.00. The van der Waals surface area contributed by atoms with E-state index in [1.165, 1.54) is 0 Å². The zero-order chi connectivity index (χ0) is 9.68. The van der Waals surface area contributed by atoms with E-state index in [9.17, 15) is 4.79 Å². The van der Waals surface area contributed by atoms with Crippen LogP contribution in [-0.4, -0.2) is 12.8 Å². The summed E-state index contributed by atoms with van der Waals surface area (Å²) in [6.07, 6.45) is 4.55. The number of aldehydes is 1. The Morgan fingerprint density at radius 2 is 2.08 bits per heavy atom. The Bertz CT molecular complexity index is 334. The van der Waals surface area contributed by atoms with Crippen molar-refractivity contribution in [1.82, 2.24) is 0 Å². The number of carbonyl (C=O) groups is 1. The Hall–Kier alpha value is -0.930. The van der Waals surface area contributed by atoms with Crippen LogP contribution >= 0.6 is 15.9 Å². The van der Waals surface area contributed by atoms with E-state index in [0.717, 1.165) is 16.3 Å². The van der Waals surface area contributed by atoms with Crippen molar-refractivity contribution < 1.29 is 4.79 Å². The smallest absolute Gasteiger partial charge is 0.151 e. The summed E-state index contributed by atoms with van der Waals surface area (Å²) >= 11 is 3.35. The lowest BCUT2D eigenvalue weighted by Gasteiger charge is -2.00. The van der Waals surface area contributed by atoms with Crippen LogP contribution in [0.5, 0.6) is 0 Å². The third-order valence-electron chi connectivity index (χ3n) is 1.62. The maximum atomic E-state index is 10.6. The molecule has 0 saturated carbocycles. The molecule has 2 nitrogen and oxygen atoms in total. The second-order valence-corrected chi connectivity index (χ2v) is 3.30. The molecular formula is C10H10BrNO. The first kappa shape index (κ1) is 10.2. The van der Waals surface area contributed by atoms with Gasteiger partial charge in [0.25, 0.3) is 0 Å². The summed E-state index contributed by atoms with van der Waals surface area (Å²) in [5.41, 5.74) is 6.94. The monoisotopic (exact) mass is 239 g/mol. The lowest BCUT2D eigenvalue weighted by atomic mass is 10.1. The molecule has 0 atom stereocenters. The van der Waals surface area contributed by atoms with Crippen LogP contribution in [0.15, 0.2) is 28.7 Å². The van der Waals surface area contributed by atoms with Gasteiger partial charge in [-0.05, 0) is 21.5 Å². The van der Waals surface area contributed by atoms with Crippen molar-refractivity contribution in [3.8, 4) is 0 Å². The molecule has 0 radical (unpaired) electrons. The molecule has 0 spiro atoms. The van der Waals surface area contributed by atoms with Crippen molar-refractivity contribution in [2.45, 2.75) is 0 Å². The van der Waals surface area contributed by atoms with Crippen LogP contribution in [0.4, 0.5) is 0 Å². The molecular weight excluding hydrogens is 230 g/mol. The molecule has 0 aliphatic heterocycles. The van der Waals surface area contributed by atoms with Gasteiger partial charge in [0.2, 0.25) is 0 Å². The van der Waals surface area contributed by atoms with Crippen molar-refractivity contribution in [1.29, 1.82) is 0 Å². The van der Waals surface area contributed by atoms with E-state index in [4.69, 9.17) is 5.73 Å². The molecule has 0 aliphatic rings. The number of halogens is 1. The largest absolute Gasteiger partial charge is 0.327 e. The van der Waals surface area contributed by atoms with E-state index >= 15 is 0 Å². The summed E-state index contributed by atoms with van der Waals surface area (Å²) in [4.78, 5) is 10.6. The van der Waals surface area contributed by atoms with Crippen molar-refractivity contribution in [2.75, 3.05) is 6.54 Å². The average Bonchev–Trinajstić information content (AvgIpc) is 2.16. The molecule has 0 heterocycles. The third kappa shape index (κ3) is 2.50. The molecule has 0 bridgehead atoms. The lowest BCUT2D eigenvalue weighted by Crippen LogP contribution is -1.92. The standard InChI is InChI=1S/C10H10BrNO/c11-10-8(5-2-6-12)3-1-4-9(10)7-13/h1-5,7H,6,12H2. The molecule has 68 valence electrons. The van der Waals surface area contributed by atoms with Crippen LogP contribution in [0.25, 0.3) is 6.08 Å². The molecule has 0 aliphatic carbocycles. The highest BCUT2D eigenvalue weighted by atomic mass is 79.9. The summed E-state index contributed by atoms with van der Waals surface area (Å²) in [5, 5.41) is 0. The Labute approximate surface area is 85.6 Å². The zero-order valence-electron chi connectivity index (χ0n) is 7.03. The van der Waals surface area contributed by atoms with Gasteiger partial charge in [0, 0.05) is 16.6 Å². The van der Waals surface area contributed by atoms with Crippen molar-refractivity contribution in [3.63, 3.8) is 0 Å². The fourth-order valence-electron chi connectivity index (χ4n) is 0.983. The summed E-state index contributed by atoms with van der Waals surface area (Å²) in [6.45, 7) is 0.498. The molecule has 0 fully saturated rings. The molecule has 0 saturated heterocycles. The highest BCUT2D eigenvalue weighted by Crippen LogP contribution is 2.21. The van der Waals surface area contributed by atoms with Gasteiger partial charge in [-0.25, -0.2) is 0 Å². The summed E-state index contributed by atoms with van der Waals surface area (Å²) in [7, 11) is 0. The molecule has 0 aromatic heterocycles. The second-order valence-electron chi connectivity index (χ2n) is 2.51. The van der Waals surface area contributed by atoms with Gasteiger partial charge in [-0.3, -0.25) is 4.79 Å². The third-order valence-corrected chi connectivity index (χ3v) is 2.53. The average molecular weight is 240 g/mol. The molecule has 0 amide bonds. The Morgan fingerprint density at radius 3 is 2.69 bits per heavy atom. The first-order valence-electron chi connectivity index (χ1n) is 3.90. The number of nitrogens with two attached hydrogens (primary N) is 1. The Kier molecular flexibility index (Phi) is 3.86. The summed E-state index contributed by atoms with van der Waals surface area (Å²) in [6, 6.07) is 5.52. The number of benzene rings is 1. The molecule has 2 N–H and O–H groups in total. The maximum Gasteiger partial charge on any atom is 0.151 e. The van der Waals surface area contributed by atoms with Gasteiger partial charge in [0.15, 0.2) is 6.29 Å². The predicted octanol–water partition coefficient (Wildman–Crippen LogP) is 2.23. The van der Waals surface area contributed by atoms with E-state index in [0.29, 0.717) is 12.1 Å². The van der Waals surface area contributed by atoms with Crippen molar-refractivity contribution in [3.05, 3.63) is 39.9 Å². The first-order valence-corrected chi connectivity index (χ1v) is 4.69. The minimum atomic E-state index is 0.498. The molecule has 0 unspecified atom stereocenters. The van der Waals surface area contributed by atoms with E-state index < -0.39 is 0 Å². The van der Waals surface area contributed by atoms with E-state index in [1.54, 1.807) is 6.07 Å². The van der Waals surface area contributed by atoms with Crippen LogP contribution in [0, 0.1) is 0 Å². The topological polar surface area (TPSA) is 43.1 Å². The quantitative estimate of drug-likeness (QED) is 0.823. The summed E-state index contributed by atoms with van der Waals surface area (Å²) < 4.78 is 0.815.